The number of amides is 1. The van der Waals surface area contributed by atoms with Crippen molar-refractivity contribution in [3.05, 3.63) is 81.8 Å². The number of ketones is 1. The molecule has 3 aromatic rings. The normalized spacial score (nSPS) is 17.0. The minimum absolute atomic E-state index is 0.0132. The molecule has 3 N–H and O–H groups in total. The highest BCUT2D eigenvalue weighted by Gasteiger charge is 2.41. The number of thioether (sulfide) groups is 1. The molecule has 1 aromatic heterocycles. The molecule has 1 aliphatic heterocycles. The van der Waals surface area contributed by atoms with Crippen molar-refractivity contribution in [1.82, 2.24) is 10.2 Å². The van der Waals surface area contributed by atoms with Gasteiger partial charge in [-0.15, -0.1) is 10.2 Å². The number of Topliss-reactive ketones (excluding diaryl/α,β-unsaturated/α-hetero) is 1. The maximum atomic E-state index is 13.3. The lowest BCUT2D eigenvalue weighted by Crippen LogP contribution is -2.38. The first kappa shape index (κ1) is 27.7. The molecule has 12 heteroatoms. The second kappa shape index (κ2) is 12.1. The highest BCUT2D eigenvalue weighted by Crippen LogP contribution is 2.47. The molecule has 1 aliphatic carbocycles. The zero-order chi connectivity index (χ0) is 28.2. The number of halogens is 1. The number of carbonyl (C=O) groups excluding carboxylic acids is 2. The third kappa shape index (κ3) is 5.56. The number of aromatic nitrogens is 2. The second-order valence-electron chi connectivity index (χ2n) is 8.99. The smallest absolute Gasteiger partial charge is 0.234 e. The Labute approximate surface area is 244 Å². The van der Waals surface area contributed by atoms with Gasteiger partial charge in [0.25, 0.3) is 0 Å². The summed E-state index contributed by atoms with van der Waals surface area (Å²) < 4.78 is 6.11. The van der Waals surface area contributed by atoms with Gasteiger partial charge in [0.15, 0.2) is 10.1 Å². The van der Waals surface area contributed by atoms with E-state index in [1.807, 2.05) is 31.2 Å². The summed E-state index contributed by atoms with van der Waals surface area (Å²) in [6.45, 7) is 2.45. The van der Waals surface area contributed by atoms with E-state index in [1.165, 1.54) is 23.1 Å². The van der Waals surface area contributed by atoms with Crippen molar-refractivity contribution >= 4 is 57.2 Å². The molecular formula is C28H25ClN6O3S2. The average molecular weight is 593 g/mol. The van der Waals surface area contributed by atoms with Gasteiger partial charge in [0, 0.05) is 17.7 Å². The fourth-order valence-electron chi connectivity index (χ4n) is 4.79. The summed E-state index contributed by atoms with van der Waals surface area (Å²) in [4.78, 5) is 27.5. The molecule has 0 saturated heterocycles. The van der Waals surface area contributed by atoms with E-state index in [1.54, 1.807) is 29.2 Å². The van der Waals surface area contributed by atoms with Gasteiger partial charge in [-0.05, 0) is 49.6 Å². The molecule has 1 atom stereocenters. The van der Waals surface area contributed by atoms with Crippen LogP contribution < -0.4 is 20.7 Å². The van der Waals surface area contributed by atoms with Gasteiger partial charge in [0.2, 0.25) is 11.0 Å². The summed E-state index contributed by atoms with van der Waals surface area (Å²) in [5.74, 6) is 0.207. The zero-order valence-electron chi connectivity index (χ0n) is 21.5. The van der Waals surface area contributed by atoms with Crippen LogP contribution in [-0.4, -0.2) is 34.2 Å². The first-order chi connectivity index (χ1) is 19.4. The van der Waals surface area contributed by atoms with Gasteiger partial charge >= 0.3 is 0 Å². The minimum Gasteiger partial charge on any atom is -0.494 e. The Hall–Kier alpha value is -3.85. The van der Waals surface area contributed by atoms with Gasteiger partial charge in [-0.1, -0.05) is 59.0 Å². The predicted octanol–water partition coefficient (Wildman–Crippen LogP) is 5.63. The van der Waals surface area contributed by atoms with Crippen molar-refractivity contribution in [2.24, 2.45) is 5.73 Å². The molecule has 0 spiro atoms. The Bertz CT molecular complexity index is 1560. The summed E-state index contributed by atoms with van der Waals surface area (Å²) in [6.07, 6.45) is 1.68. The van der Waals surface area contributed by atoms with Gasteiger partial charge < -0.3 is 15.8 Å². The van der Waals surface area contributed by atoms with Gasteiger partial charge in [-0.3, -0.25) is 14.5 Å². The predicted molar refractivity (Wildman–Crippen MR) is 156 cm³/mol. The van der Waals surface area contributed by atoms with Crippen LogP contribution in [0.5, 0.6) is 5.75 Å². The Morgan fingerprint density at radius 3 is 2.75 bits per heavy atom. The summed E-state index contributed by atoms with van der Waals surface area (Å²) in [6, 6.07) is 16.7. The lowest BCUT2D eigenvalue weighted by molar-refractivity contribution is -0.116. The standard InChI is InChI=1S/C28H25ClN6O3S2/c1-2-38-17-12-10-16(11-13-17)24-18(14-30)26(31)35(21-8-5-9-22(36)25(21)24)27-33-34-28(40-27)39-15-23(37)32-20-7-4-3-6-19(20)29/h3-4,6-7,10-13,24H,2,5,8-9,15,31H2,1H3,(H,32,37). The molecule has 2 aromatic carbocycles. The minimum atomic E-state index is -0.574. The molecule has 5 rings (SSSR count). The molecule has 0 radical (unpaired) electrons. The van der Waals surface area contributed by atoms with E-state index in [0.717, 1.165) is 11.3 Å². The average Bonchev–Trinajstić information content (AvgIpc) is 3.42. The van der Waals surface area contributed by atoms with Crippen molar-refractivity contribution in [3.8, 4) is 11.8 Å². The number of allylic oxidation sites excluding steroid dienone is 3. The number of nitrogens with one attached hydrogen (secondary N) is 1. The van der Waals surface area contributed by atoms with Gasteiger partial charge in [0.05, 0.1) is 40.6 Å². The number of para-hydroxylation sites is 1. The Morgan fingerprint density at radius 1 is 1.25 bits per heavy atom. The van der Waals surface area contributed by atoms with E-state index in [-0.39, 0.29) is 28.8 Å². The highest BCUT2D eigenvalue weighted by atomic mass is 35.5. The summed E-state index contributed by atoms with van der Waals surface area (Å²) >= 11 is 8.60. The largest absolute Gasteiger partial charge is 0.494 e. The van der Waals surface area contributed by atoms with Crippen molar-refractivity contribution in [2.75, 3.05) is 22.6 Å². The summed E-state index contributed by atoms with van der Waals surface area (Å²) in [7, 11) is 0. The molecule has 0 saturated carbocycles. The van der Waals surface area contributed by atoms with Crippen LogP contribution in [0.25, 0.3) is 0 Å². The zero-order valence-corrected chi connectivity index (χ0v) is 23.9. The monoisotopic (exact) mass is 592 g/mol. The van der Waals surface area contributed by atoms with Crippen LogP contribution in [0, 0.1) is 11.3 Å². The molecular weight excluding hydrogens is 568 g/mol. The Morgan fingerprint density at radius 2 is 2.02 bits per heavy atom. The fourth-order valence-corrected chi connectivity index (χ4v) is 6.65. The van der Waals surface area contributed by atoms with Crippen LogP contribution in [0.2, 0.25) is 5.02 Å². The third-order valence-electron chi connectivity index (χ3n) is 6.50. The maximum absolute atomic E-state index is 13.3. The van der Waals surface area contributed by atoms with E-state index in [2.05, 4.69) is 21.6 Å². The first-order valence-corrected chi connectivity index (χ1v) is 14.8. The number of anilines is 2. The van der Waals surface area contributed by atoms with Crippen molar-refractivity contribution < 1.29 is 14.3 Å². The number of hydrogen-bond donors (Lipinski definition) is 2. The second-order valence-corrected chi connectivity index (χ2v) is 11.6. The van der Waals surface area contributed by atoms with Crippen LogP contribution in [0.4, 0.5) is 10.8 Å². The molecule has 2 aliphatic rings. The van der Waals surface area contributed by atoms with E-state index in [0.29, 0.717) is 57.4 Å². The Kier molecular flexibility index (Phi) is 8.40. The molecule has 1 unspecified atom stereocenters. The van der Waals surface area contributed by atoms with Crippen LogP contribution in [0.3, 0.4) is 0 Å². The first-order valence-electron chi connectivity index (χ1n) is 12.6. The highest BCUT2D eigenvalue weighted by molar-refractivity contribution is 8.01. The summed E-state index contributed by atoms with van der Waals surface area (Å²) in [5, 5.41) is 22.4. The molecule has 2 heterocycles. The van der Waals surface area contributed by atoms with Gasteiger partial charge in [-0.25, -0.2) is 0 Å². The van der Waals surface area contributed by atoms with Crippen LogP contribution in [0.1, 0.15) is 37.7 Å². The van der Waals surface area contributed by atoms with E-state index < -0.39 is 5.92 Å². The van der Waals surface area contributed by atoms with E-state index >= 15 is 0 Å². The number of hydrogen-bond acceptors (Lipinski definition) is 10. The molecule has 0 bridgehead atoms. The molecule has 40 heavy (non-hydrogen) atoms. The van der Waals surface area contributed by atoms with Gasteiger partial charge in [0.1, 0.15) is 11.6 Å². The number of nitrogens with two attached hydrogens (primary N) is 1. The number of nitrogens with zero attached hydrogens (tertiary/aromatic N) is 4. The molecule has 0 fully saturated rings. The number of rotatable bonds is 8. The topological polar surface area (TPSA) is 134 Å². The van der Waals surface area contributed by atoms with E-state index in [9.17, 15) is 14.9 Å². The Balaban J connectivity index is 1.42. The quantitative estimate of drug-likeness (QED) is 0.319. The van der Waals surface area contributed by atoms with Crippen LogP contribution in [-0.2, 0) is 9.59 Å². The maximum Gasteiger partial charge on any atom is 0.234 e. The van der Waals surface area contributed by atoms with Crippen molar-refractivity contribution in [2.45, 2.75) is 36.4 Å². The fraction of sp³-hybridized carbons (Fsp3) is 0.250. The SMILES string of the molecule is CCOc1ccc(C2C(C#N)=C(N)N(c3nnc(SCC(=O)Nc4ccccc4Cl)s3)C3=C2C(=O)CCC3)cc1. The number of ether oxygens (including phenoxy) is 1. The van der Waals surface area contributed by atoms with Crippen molar-refractivity contribution in [1.29, 1.82) is 5.26 Å². The number of carbonyl (C=O) groups is 2. The van der Waals surface area contributed by atoms with Crippen LogP contribution in [0.15, 0.2) is 75.5 Å². The van der Waals surface area contributed by atoms with Crippen molar-refractivity contribution in [3.63, 3.8) is 0 Å². The molecule has 204 valence electrons. The lowest BCUT2D eigenvalue weighted by atomic mass is 9.76. The number of nitriles is 1. The van der Waals surface area contributed by atoms with Gasteiger partial charge in [-0.2, -0.15) is 5.26 Å². The lowest BCUT2D eigenvalue weighted by Gasteiger charge is -2.38. The van der Waals surface area contributed by atoms with Crippen LogP contribution >= 0.6 is 34.7 Å². The molecule has 9 nitrogen and oxygen atoms in total. The van der Waals surface area contributed by atoms with E-state index in [4.69, 9.17) is 22.1 Å². The summed E-state index contributed by atoms with van der Waals surface area (Å²) in [5.41, 5.74) is 9.52. The third-order valence-corrected chi connectivity index (χ3v) is 8.87. The molecule has 1 amide bonds. The number of benzene rings is 2.